The number of aliphatic hydroxyl groups is 1. The molecule has 5 nitrogen and oxygen atoms in total. The van der Waals surface area contributed by atoms with E-state index in [1.807, 2.05) is 18.7 Å². The van der Waals surface area contributed by atoms with Crippen molar-refractivity contribution in [2.24, 2.45) is 0 Å². The molecule has 0 aliphatic carbocycles. The third kappa shape index (κ3) is 2.83. The van der Waals surface area contributed by atoms with Crippen LogP contribution < -0.4 is 4.90 Å². The molecule has 1 atom stereocenters. The third-order valence-electron chi connectivity index (χ3n) is 2.66. The number of hydrogen-bond acceptors (Lipinski definition) is 6. The van der Waals surface area contributed by atoms with Crippen LogP contribution in [0, 0.1) is 0 Å². The molecule has 18 heavy (non-hydrogen) atoms. The van der Waals surface area contributed by atoms with E-state index in [0.717, 1.165) is 0 Å². The Labute approximate surface area is 114 Å². The zero-order chi connectivity index (χ0) is 13.3. The van der Waals surface area contributed by atoms with Crippen molar-refractivity contribution >= 4 is 34.4 Å². The van der Waals surface area contributed by atoms with Crippen molar-refractivity contribution in [3.8, 4) is 0 Å². The van der Waals surface area contributed by atoms with Gasteiger partial charge in [-0.15, -0.1) is 0 Å². The first kappa shape index (κ1) is 13.7. The summed E-state index contributed by atoms with van der Waals surface area (Å²) in [6.07, 6.45) is 0.453. The van der Waals surface area contributed by atoms with E-state index >= 15 is 0 Å². The fraction of sp³-hybridized carbons (Fsp3) is 0.636. The van der Waals surface area contributed by atoms with Crippen molar-refractivity contribution in [2.75, 3.05) is 24.6 Å². The Balaban J connectivity index is 2.23. The summed E-state index contributed by atoms with van der Waals surface area (Å²) in [5.41, 5.74) is -0.370. The number of carbonyl (C=O) groups excluding carboxylic acids is 1. The number of morpholine rings is 1. The lowest BCUT2D eigenvalue weighted by atomic mass is 10.1. The molecular weight excluding hydrogens is 276 g/mol. The fourth-order valence-electron chi connectivity index (χ4n) is 2.05. The molecule has 1 unspecified atom stereocenters. The van der Waals surface area contributed by atoms with Gasteiger partial charge in [0, 0.05) is 13.1 Å². The molecule has 1 aromatic rings. The quantitative estimate of drug-likeness (QED) is 0.857. The van der Waals surface area contributed by atoms with Crippen molar-refractivity contribution in [3.63, 3.8) is 0 Å². The molecule has 0 amide bonds. The van der Waals surface area contributed by atoms with E-state index in [1.54, 1.807) is 0 Å². The molecule has 1 aromatic heterocycles. The lowest BCUT2D eigenvalue weighted by molar-refractivity contribution is -0.101. The van der Waals surface area contributed by atoms with Gasteiger partial charge >= 0.3 is 0 Å². The first-order chi connectivity index (χ1) is 8.45. The van der Waals surface area contributed by atoms with Crippen molar-refractivity contribution in [3.05, 3.63) is 10.0 Å². The predicted octanol–water partition coefficient (Wildman–Crippen LogP) is 1.59. The van der Waals surface area contributed by atoms with E-state index in [2.05, 4.69) is 4.98 Å². The van der Waals surface area contributed by atoms with Crippen LogP contribution in [0.4, 0.5) is 5.13 Å². The Morgan fingerprint density at radius 2 is 2.44 bits per heavy atom. The zero-order valence-corrected chi connectivity index (χ0v) is 11.8. The molecule has 0 bridgehead atoms. The second-order valence-corrected chi connectivity index (χ2v) is 6.20. The van der Waals surface area contributed by atoms with Crippen LogP contribution in [-0.4, -0.2) is 47.8 Å². The van der Waals surface area contributed by atoms with Crippen molar-refractivity contribution in [2.45, 2.75) is 25.6 Å². The maximum absolute atomic E-state index is 10.8. The van der Waals surface area contributed by atoms with Crippen molar-refractivity contribution < 1.29 is 14.6 Å². The molecule has 2 heterocycles. The minimum atomic E-state index is -0.370. The van der Waals surface area contributed by atoms with Gasteiger partial charge in [0.1, 0.15) is 4.88 Å². The summed E-state index contributed by atoms with van der Waals surface area (Å²) in [5.74, 6) is 0. The average molecular weight is 291 g/mol. The normalized spacial score (nSPS) is 23.1. The van der Waals surface area contributed by atoms with Gasteiger partial charge < -0.3 is 14.7 Å². The van der Waals surface area contributed by atoms with Gasteiger partial charge in [-0.05, 0) is 13.8 Å². The zero-order valence-electron chi connectivity index (χ0n) is 10.2. The highest BCUT2D eigenvalue weighted by Gasteiger charge is 2.34. The number of aliphatic hydroxyl groups excluding tert-OH is 1. The minimum absolute atomic E-state index is 0.0421. The van der Waals surface area contributed by atoms with E-state index in [0.29, 0.717) is 29.4 Å². The summed E-state index contributed by atoms with van der Waals surface area (Å²) in [6.45, 7) is 5.06. The van der Waals surface area contributed by atoms with Crippen LogP contribution in [0.5, 0.6) is 0 Å². The van der Waals surface area contributed by atoms with E-state index < -0.39 is 0 Å². The molecule has 7 heteroatoms. The van der Waals surface area contributed by atoms with Gasteiger partial charge in [-0.2, -0.15) is 0 Å². The molecule has 1 aliphatic rings. The van der Waals surface area contributed by atoms with Crippen LogP contribution in [0.15, 0.2) is 0 Å². The third-order valence-corrected chi connectivity index (χ3v) is 4.10. The molecule has 0 aromatic carbocycles. The fourth-order valence-corrected chi connectivity index (χ4v) is 3.12. The number of halogens is 1. The molecule has 0 saturated carbocycles. The highest BCUT2D eigenvalue weighted by Crippen LogP contribution is 2.32. The van der Waals surface area contributed by atoms with Gasteiger partial charge in [0.15, 0.2) is 16.6 Å². The Morgan fingerprint density at radius 1 is 1.72 bits per heavy atom. The lowest BCUT2D eigenvalue weighted by Crippen LogP contribution is -2.54. The minimum Gasteiger partial charge on any atom is -0.394 e. The largest absolute Gasteiger partial charge is 0.394 e. The first-order valence-electron chi connectivity index (χ1n) is 5.60. The highest BCUT2D eigenvalue weighted by atomic mass is 35.5. The average Bonchev–Trinajstić information content (AvgIpc) is 2.68. The molecular formula is C11H15ClN2O3S. The van der Waals surface area contributed by atoms with E-state index in [4.69, 9.17) is 16.3 Å². The van der Waals surface area contributed by atoms with Gasteiger partial charge in [0.25, 0.3) is 0 Å². The number of nitrogens with zero attached hydrogens (tertiary/aromatic N) is 2. The maximum Gasteiger partial charge on any atom is 0.187 e. The van der Waals surface area contributed by atoms with E-state index in [9.17, 15) is 9.90 Å². The van der Waals surface area contributed by atoms with Gasteiger partial charge in [-0.1, -0.05) is 22.9 Å². The number of anilines is 1. The van der Waals surface area contributed by atoms with Gasteiger partial charge in [0.2, 0.25) is 0 Å². The standard InChI is InChI=1S/C11H15ClN2O3S/c1-11(2)6-14(3-7(4-15)17-11)10-13-9(12)8(5-16)18-10/h5,7,15H,3-4,6H2,1-2H3. The maximum atomic E-state index is 10.8. The number of aromatic nitrogens is 1. The Bertz CT molecular complexity index is 449. The van der Waals surface area contributed by atoms with Crippen LogP contribution >= 0.6 is 22.9 Å². The number of ether oxygens (including phenoxy) is 1. The molecule has 0 radical (unpaired) electrons. The van der Waals surface area contributed by atoms with Crippen LogP contribution in [0.1, 0.15) is 23.5 Å². The molecule has 1 aliphatic heterocycles. The van der Waals surface area contributed by atoms with E-state index in [-0.39, 0.29) is 23.5 Å². The summed E-state index contributed by atoms with van der Waals surface area (Å²) < 4.78 is 5.72. The topological polar surface area (TPSA) is 62.7 Å². The predicted molar refractivity (Wildman–Crippen MR) is 70.8 cm³/mol. The number of aldehydes is 1. The van der Waals surface area contributed by atoms with Gasteiger partial charge in [-0.25, -0.2) is 4.98 Å². The van der Waals surface area contributed by atoms with Crippen LogP contribution in [0.25, 0.3) is 0 Å². The summed E-state index contributed by atoms with van der Waals surface area (Å²) in [5, 5.41) is 10.2. The Kier molecular flexibility index (Phi) is 3.91. The monoisotopic (exact) mass is 290 g/mol. The first-order valence-corrected chi connectivity index (χ1v) is 6.80. The van der Waals surface area contributed by atoms with E-state index in [1.165, 1.54) is 11.3 Å². The van der Waals surface area contributed by atoms with Crippen LogP contribution in [0.3, 0.4) is 0 Å². The van der Waals surface area contributed by atoms with Crippen LogP contribution in [-0.2, 0) is 4.74 Å². The Morgan fingerprint density at radius 3 is 3.00 bits per heavy atom. The summed E-state index contributed by atoms with van der Waals surface area (Å²) in [4.78, 5) is 17.4. The molecule has 1 N–H and O–H groups in total. The number of thiazole rings is 1. The second kappa shape index (κ2) is 5.13. The van der Waals surface area contributed by atoms with Crippen molar-refractivity contribution in [1.29, 1.82) is 0 Å². The van der Waals surface area contributed by atoms with Gasteiger partial charge in [0.05, 0.1) is 18.3 Å². The van der Waals surface area contributed by atoms with Gasteiger partial charge in [-0.3, -0.25) is 4.79 Å². The smallest absolute Gasteiger partial charge is 0.187 e. The van der Waals surface area contributed by atoms with Crippen LogP contribution in [0.2, 0.25) is 5.15 Å². The number of carbonyl (C=O) groups is 1. The summed E-state index contributed by atoms with van der Waals surface area (Å²) >= 11 is 7.12. The number of rotatable bonds is 3. The summed E-state index contributed by atoms with van der Waals surface area (Å²) in [7, 11) is 0. The molecule has 1 saturated heterocycles. The SMILES string of the molecule is CC1(C)CN(c2nc(Cl)c(C=O)s2)CC(CO)O1. The second-order valence-electron chi connectivity index (χ2n) is 4.83. The molecule has 1 fully saturated rings. The number of hydrogen-bond donors (Lipinski definition) is 1. The molecule has 100 valence electrons. The molecule has 2 rings (SSSR count). The van der Waals surface area contributed by atoms with Crippen molar-refractivity contribution in [1.82, 2.24) is 4.98 Å². The highest BCUT2D eigenvalue weighted by molar-refractivity contribution is 7.17. The summed E-state index contributed by atoms with van der Waals surface area (Å²) in [6, 6.07) is 0. The Hall–Kier alpha value is -0.690. The lowest BCUT2D eigenvalue weighted by Gasteiger charge is -2.42. The molecule has 0 spiro atoms.